The van der Waals surface area contributed by atoms with Crippen molar-refractivity contribution in [2.24, 2.45) is 11.3 Å². The van der Waals surface area contributed by atoms with Crippen LogP contribution in [0, 0.1) is 18.3 Å². The van der Waals surface area contributed by atoms with Crippen LogP contribution in [0.2, 0.25) is 0 Å². The van der Waals surface area contributed by atoms with Gasteiger partial charge in [0.25, 0.3) is 0 Å². The van der Waals surface area contributed by atoms with Crippen molar-refractivity contribution in [3.63, 3.8) is 0 Å². The fourth-order valence-electron chi connectivity index (χ4n) is 3.64. The van der Waals surface area contributed by atoms with Gasteiger partial charge < -0.3 is 4.74 Å². The van der Waals surface area contributed by atoms with E-state index < -0.39 is 12.8 Å². The van der Waals surface area contributed by atoms with Gasteiger partial charge in [-0.2, -0.15) is 13.2 Å². The Kier molecular flexibility index (Phi) is 9.34. The van der Waals surface area contributed by atoms with Crippen LogP contribution in [0.25, 0.3) is 0 Å². The number of ether oxygens (including phenoxy) is 1. The summed E-state index contributed by atoms with van der Waals surface area (Å²) in [5.74, 6) is 1.50. The number of benzene rings is 1. The van der Waals surface area contributed by atoms with Crippen LogP contribution in [-0.2, 0) is 4.79 Å². The summed E-state index contributed by atoms with van der Waals surface area (Å²) in [5.41, 5.74) is 1.04. The number of ketones is 1. The van der Waals surface area contributed by atoms with Gasteiger partial charge in [-0.05, 0) is 57.6 Å². The Bertz CT molecular complexity index is 566. The van der Waals surface area contributed by atoms with Gasteiger partial charge in [0.2, 0.25) is 0 Å². The summed E-state index contributed by atoms with van der Waals surface area (Å²) in [6.07, 6.45) is 4.07. The van der Waals surface area contributed by atoms with Gasteiger partial charge >= 0.3 is 6.18 Å². The zero-order valence-corrected chi connectivity index (χ0v) is 17.0. The SMILES string of the molecule is CCCC1(C(C)=O)CCCC(C)CC1.Cc1ccc(OCC(F)(F)F)cc1. The quantitative estimate of drug-likeness (QED) is 0.515. The number of carbonyl (C=O) groups excluding carboxylic acids is 1. The van der Waals surface area contributed by atoms with E-state index in [-0.39, 0.29) is 11.2 Å². The van der Waals surface area contributed by atoms with Gasteiger partial charge in [-0.15, -0.1) is 0 Å². The van der Waals surface area contributed by atoms with Crippen LogP contribution in [-0.4, -0.2) is 18.6 Å². The second kappa shape index (κ2) is 10.7. The van der Waals surface area contributed by atoms with Crippen molar-refractivity contribution in [1.29, 1.82) is 0 Å². The third kappa shape index (κ3) is 8.81. The zero-order chi connectivity index (χ0) is 20.5. The zero-order valence-electron chi connectivity index (χ0n) is 17.0. The molecule has 1 aromatic rings. The average molecular weight is 386 g/mol. The molecule has 0 heterocycles. The monoisotopic (exact) mass is 386 g/mol. The molecule has 2 unspecified atom stereocenters. The standard InChI is InChI=1S/C13H24O.C9H9F3O/c1-4-8-13(12(3)14)9-5-6-11(2)7-10-13;1-7-2-4-8(5-3-7)13-6-9(10,11)12/h11H,4-10H2,1-3H3;2-5H,6H2,1H3. The van der Waals surface area contributed by atoms with Gasteiger partial charge in [-0.1, -0.05) is 50.8 Å². The molecule has 154 valence electrons. The molecule has 1 fully saturated rings. The molecule has 0 bridgehead atoms. The van der Waals surface area contributed by atoms with Gasteiger partial charge in [-0.25, -0.2) is 0 Å². The molecule has 2 nitrogen and oxygen atoms in total. The maximum atomic E-state index is 11.8. The average Bonchev–Trinajstić information content (AvgIpc) is 2.77. The second-order valence-corrected chi connectivity index (χ2v) is 7.84. The first kappa shape index (κ1) is 23.5. The van der Waals surface area contributed by atoms with Crippen molar-refractivity contribution in [3.05, 3.63) is 29.8 Å². The number of hydrogen-bond acceptors (Lipinski definition) is 2. The van der Waals surface area contributed by atoms with Gasteiger partial charge in [0, 0.05) is 5.41 Å². The first-order valence-corrected chi connectivity index (χ1v) is 9.85. The first-order chi connectivity index (χ1) is 12.6. The Balaban J connectivity index is 0.000000271. The highest BCUT2D eigenvalue weighted by atomic mass is 19.4. The summed E-state index contributed by atoms with van der Waals surface area (Å²) in [6.45, 7) is 6.93. The fraction of sp³-hybridized carbons (Fsp3) is 0.682. The molecule has 0 radical (unpaired) electrons. The molecular formula is C22H33F3O2. The normalized spacial score (nSPS) is 23.0. The molecule has 0 amide bonds. The molecule has 1 aromatic carbocycles. The van der Waals surface area contributed by atoms with E-state index in [2.05, 4.69) is 18.6 Å². The van der Waals surface area contributed by atoms with Crippen LogP contribution >= 0.6 is 0 Å². The van der Waals surface area contributed by atoms with Gasteiger partial charge in [0.1, 0.15) is 11.5 Å². The number of Topliss-reactive ketones (excluding diaryl/α,β-unsaturated/α-hetero) is 1. The number of halogens is 3. The third-order valence-electron chi connectivity index (χ3n) is 5.37. The minimum atomic E-state index is -4.27. The van der Waals surface area contributed by atoms with Gasteiger partial charge in [0.15, 0.2) is 6.61 Å². The summed E-state index contributed by atoms with van der Waals surface area (Å²) in [5, 5.41) is 0. The summed E-state index contributed by atoms with van der Waals surface area (Å²) >= 11 is 0. The largest absolute Gasteiger partial charge is 0.484 e. The van der Waals surface area contributed by atoms with E-state index in [0.717, 1.165) is 37.2 Å². The lowest BCUT2D eigenvalue weighted by Gasteiger charge is -2.29. The van der Waals surface area contributed by atoms with Crippen LogP contribution in [0.3, 0.4) is 0 Å². The van der Waals surface area contributed by atoms with E-state index in [4.69, 9.17) is 0 Å². The smallest absolute Gasteiger partial charge is 0.422 e. The van der Waals surface area contributed by atoms with E-state index in [9.17, 15) is 18.0 Å². The molecule has 0 saturated heterocycles. The molecule has 2 rings (SSSR count). The van der Waals surface area contributed by atoms with E-state index >= 15 is 0 Å². The number of carbonyl (C=O) groups is 1. The number of rotatable bonds is 5. The molecule has 0 spiro atoms. The number of aryl methyl sites for hydroxylation is 1. The molecule has 1 saturated carbocycles. The van der Waals surface area contributed by atoms with Crippen LogP contribution < -0.4 is 4.74 Å². The van der Waals surface area contributed by atoms with Gasteiger partial charge in [0.05, 0.1) is 0 Å². The molecule has 27 heavy (non-hydrogen) atoms. The lowest BCUT2D eigenvalue weighted by Crippen LogP contribution is -2.28. The van der Waals surface area contributed by atoms with Crippen molar-refractivity contribution in [2.75, 3.05) is 6.61 Å². The van der Waals surface area contributed by atoms with Gasteiger partial charge in [-0.3, -0.25) is 4.79 Å². The van der Waals surface area contributed by atoms with E-state index in [1.165, 1.54) is 31.4 Å². The lowest BCUT2D eigenvalue weighted by atomic mass is 9.73. The van der Waals surface area contributed by atoms with Crippen LogP contribution in [0.1, 0.15) is 71.3 Å². The summed E-state index contributed by atoms with van der Waals surface area (Å²) in [6, 6.07) is 6.43. The highest BCUT2D eigenvalue weighted by molar-refractivity contribution is 5.82. The Hall–Kier alpha value is -1.52. The fourth-order valence-corrected chi connectivity index (χ4v) is 3.64. The molecule has 0 N–H and O–H groups in total. The predicted octanol–water partition coefficient (Wildman–Crippen LogP) is 6.90. The van der Waals surface area contributed by atoms with Crippen LogP contribution in [0.5, 0.6) is 5.75 Å². The topological polar surface area (TPSA) is 26.3 Å². The molecule has 0 aliphatic heterocycles. The Labute approximate surface area is 161 Å². The molecule has 2 atom stereocenters. The molecule has 0 aromatic heterocycles. The van der Waals surface area contributed by atoms with Crippen molar-refractivity contribution in [3.8, 4) is 5.75 Å². The second-order valence-electron chi connectivity index (χ2n) is 7.84. The summed E-state index contributed by atoms with van der Waals surface area (Å²) in [7, 11) is 0. The minimum absolute atomic E-state index is 0.0551. The highest BCUT2D eigenvalue weighted by Gasteiger charge is 2.35. The van der Waals surface area contributed by atoms with Crippen LogP contribution in [0.4, 0.5) is 13.2 Å². The maximum absolute atomic E-state index is 11.8. The first-order valence-electron chi connectivity index (χ1n) is 9.85. The number of hydrogen-bond donors (Lipinski definition) is 0. The lowest BCUT2D eigenvalue weighted by molar-refractivity contribution is -0.153. The summed E-state index contributed by atoms with van der Waals surface area (Å²) in [4.78, 5) is 11.8. The third-order valence-corrected chi connectivity index (χ3v) is 5.37. The van der Waals surface area contributed by atoms with E-state index in [1.54, 1.807) is 19.1 Å². The predicted molar refractivity (Wildman–Crippen MR) is 103 cm³/mol. The Morgan fingerprint density at radius 1 is 1.19 bits per heavy atom. The molecular weight excluding hydrogens is 353 g/mol. The molecule has 1 aliphatic rings. The minimum Gasteiger partial charge on any atom is -0.484 e. The highest BCUT2D eigenvalue weighted by Crippen LogP contribution is 2.41. The Morgan fingerprint density at radius 3 is 2.33 bits per heavy atom. The van der Waals surface area contributed by atoms with Crippen molar-refractivity contribution in [2.45, 2.75) is 78.8 Å². The Morgan fingerprint density at radius 2 is 1.81 bits per heavy atom. The summed E-state index contributed by atoms with van der Waals surface area (Å²) < 4.78 is 39.6. The van der Waals surface area contributed by atoms with E-state index in [0.29, 0.717) is 5.78 Å². The number of alkyl halides is 3. The molecule has 5 heteroatoms. The van der Waals surface area contributed by atoms with Crippen LogP contribution in [0.15, 0.2) is 24.3 Å². The van der Waals surface area contributed by atoms with Crippen molar-refractivity contribution >= 4 is 5.78 Å². The van der Waals surface area contributed by atoms with Crippen molar-refractivity contribution in [1.82, 2.24) is 0 Å². The van der Waals surface area contributed by atoms with Crippen molar-refractivity contribution < 1.29 is 22.7 Å². The maximum Gasteiger partial charge on any atom is 0.422 e. The van der Waals surface area contributed by atoms with E-state index in [1.807, 2.05) is 6.92 Å². The molecule has 1 aliphatic carbocycles.